The molecule has 0 aromatic carbocycles. The van der Waals surface area contributed by atoms with Crippen LogP contribution in [-0.2, 0) is 0 Å². The van der Waals surface area contributed by atoms with Crippen molar-refractivity contribution in [2.45, 2.75) is 19.8 Å². The minimum Gasteiger partial charge on any atom is -0.396 e. The molecule has 0 saturated carbocycles. The second kappa shape index (κ2) is 5.93. The molecule has 0 aliphatic heterocycles. The third-order valence-electron chi connectivity index (χ3n) is 2.93. The molecule has 4 nitrogen and oxygen atoms in total. The van der Waals surface area contributed by atoms with Crippen LogP contribution >= 0.6 is 11.3 Å². The van der Waals surface area contributed by atoms with Gasteiger partial charge in [0.25, 0.3) is 0 Å². The minimum atomic E-state index is 0.248. The van der Waals surface area contributed by atoms with Crippen molar-refractivity contribution in [1.29, 1.82) is 0 Å². The fourth-order valence-corrected chi connectivity index (χ4v) is 2.54. The van der Waals surface area contributed by atoms with E-state index in [1.807, 2.05) is 11.4 Å². The van der Waals surface area contributed by atoms with E-state index in [1.54, 1.807) is 17.7 Å². The van der Waals surface area contributed by atoms with Gasteiger partial charge in [-0.05, 0) is 23.8 Å². The first kappa shape index (κ1) is 12.3. The van der Waals surface area contributed by atoms with Gasteiger partial charge >= 0.3 is 0 Å². The highest BCUT2D eigenvalue weighted by molar-refractivity contribution is 7.16. The number of nitrogens with one attached hydrogen (secondary N) is 1. The van der Waals surface area contributed by atoms with Gasteiger partial charge in [0.1, 0.15) is 17.0 Å². The maximum absolute atomic E-state index is 8.95. The summed E-state index contributed by atoms with van der Waals surface area (Å²) >= 11 is 1.62. The average molecular weight is 251 g/mol. The van der Waals surface area contributed by atoms with E-state index in [1.165, 1.54) is 0 Å². The van der Waals surface area contributed by atoms with E-state index in [0.29, 0.717) is 5.92 Å². The molecule has 0 spiro atoms. The van der Waals surface area contributed by atoms with Crippen LogP contribution in [0.2, 0.25) is 0 Å². The van der Waals surface area contributed by atoms with E-state index in [4.69, 9.17) is 5.11 Å². The van der Waals surface area contributed by atoms with E-state index in [-0.39, 0.29) is 6.61 Å². The molecule has 2 heterocycles. The predicted octanol–water partition coefficient (Wildman–Crippen LogP) is 2.51. The lowest BCUT2D eigenvalue weighted by Gasteiger charge is -2.14. The summed E-state index contributed by atoms with van der Waals surface area (Å²) in [5.74, 6) is 1.39. The van der Waals surface area contributed by atoms with Gasteiger partial charge in [0.15, 0.2) is 0 Å². The largest absolute Gasteiger partial charge is 0.396 e. The number of thiophene rings is 1. The van der Waals surface area contributed by atoms with Crippen LogP contribution in [0.4, 0.5) is 5.82 Å². The maximum atomic E-state index is 8.95. The Morgan fingerprint density at radius 3 is 3.12 bits per heavy atom. The van der Waals surface area contributed by atoms with Gasteiger partial charge in [-0.3, -0.25) is 0 Å². The Labute approximate surface area is 105 Å². The zero-order chi connectivity index (χ0) is 12.1. The normalized spacial score (nSPS) is 12.8. The number of aliphatic hydroxyl groups excluding tert-OH is 1. The second-order valence-electron chi connectivity index (χ2n) is 4.03. The number of fused-ring (bicyclic) bond motifs is 1. The Morgan fingerprint density at radius 1 is 1.47 bits per heavy atom. The third kappa shape index (κ3) is 2.92. The lowest BCUT2D eigenvalue weighted by atomic mass is 10.0. The number of rotatable bonds is 6. The number of anilines is 1. The fraction of sp³-hybridized carbons (Fsp3) is 0.500. The minimum absolute atomic E-state index is 0.248. The van der Waals surface area contributed by atoms with Gasteiger partial charge in [0.05, 0.1) is 5.39 Å². The van der Waals surface area contributed by atoms with E-state index in [9.17, 15) is 0 Å². The molecule has 92 valence electrons. The van der Waals surface area contributed by atoms with Crippen molar-refractivity contribution in [2.75, 3.05) is 18.5 Å². The summed E-state index contributed by atoms with van der Waals surface area (Å²) in [6.07, 6.45) is 3.49. The fourth-order valence-electron chi connectivity index (χ4n) is 1.81. The van der Waals surface area contributed by atoms with Gasteiger partial charge in [-0.25, -0.2) is 9.97 Å². The Morgan fingerprint density at radius 2 is 2.35 bits per heavy atom. The van der Waals surface area contributed by atoms with Crippen molar-refractivity contribution in [3.63, 3.8) is 0 Å². The lowest BCUT2D eigenvalue weighted by Crippen LogP contribution is -2.15. The molecule has 0 radical (unpaired) electrons. The summed E-state index contributed by atoms with van der Waals surface area (Å²) in [5, 5.41) is 15.4. The molecule has 2 rings (SSSR count). The molecule has 0 fully saturated rings. The SMILES string of the molecule is CCC(CCO)CNc1ncnc2sccc12. The van der Waals surface area contributed by atoms with Crippen LogP contribution in [0.15, 0.2) is 17.8 Å². The summed E-state index contributed by atoms with van der Waals surface area (Å²) in [6.45, 7) is 3.24. The molecule has 2 aromatic rings. The Kier molecular flexibility index (Phi) is 4.28. The standard InChI is InChI=1S/C12H17N3OS/c1-2-9(3-5-16)7-13-11-10-4-6-17-12(10)15-8-14-11/h4,6,8-9,16H,2-3,5,7H2,1H3,(H,13,14,15). The molecule has 1 unspecified atom stereocenters. The van der Waals surface area contributed by atoms with Crippen molar-refractivity contribution in [1.82, 2.24) is 9.97 Å². The van der Waals surface area contributed by atoms with Crippen molar-refractivity contribution >= 4 is 27.4 Å². The van der Waals surface area contributed by atoms with E-state index < -0.39 is 0 Å². The van der Waals surface area contributed by atoms with Crippen LogP contribution in [-0.4, -0.2) is 28.2 Å². The first-order chi connectivity index (χ1) is 8.35. The summed E-state index contributed by atoms with van der Waals surface area (Å²) in [4.78, 5) is 9.49. The smallest absolute Gasteiger partial charge is 0.138 e. The highest BCUT2D eigenvalue weighted by Gasteiger charge is 2.08. The van der Waals surface area contributed by atoms with Crippen molar-refractivity contribution in [3.05, 3.63) is 17.8 Å². The predicted molar refractivity (Wildman–Crippen MR) is 71.4 cm³/mol. The number of hydrogen-bond donors (Lipinski definition) is 2. The molecule has 17 heavy (non-hydrogen) atoms. The maximum Gasteiger partial charge on any atom is 0.138 e. The van der Waals surface area contributed by atoms with E-state index in [2.05, 4.69) is 22.2 Å². The lowest BCUT2D eigenvalue weighted by molar-refractivity contribution is 0.258. The van der Waals surface area contributed by atoms with Crippen LogP contribution in [0.1, 0.15) is 19.8 Å². The number of hydrogen-bond acceptors (Lipinski definition) is 5. The van der Waals surface area contributed by atoms with Crippen LogP contribution in [0.25, 0.3) is 10.2 Å². The monoisotopic (exact) mass is 251 g/mol. The summed E-state index contributed by atoms with van der Waals surface area (Å²) in [7, 11) is 0. The highest BCUT2D eigenvalue weighted by atomic mass is 32.1. The van der Waals surface area contributed by atoms with Gasteiger partial charge in [-0.2, -0.15) is 0 Å². The molecule has 0 bridgehead atoms. The highest BCUT2D eigenvalue weighted by Crippen LogP contribution is 2.24. The molecular formula is C12H17N3OS. The third-order valence-corrected chi connectivity index (χ3v) is 3.76. The Hall–Kier alpha value is -1.20. The van der Waals surface area contributed by atoms with Gasteiger partial charge in [-0.15, -0.1) is 11.3 Å². The summed E-state index contributed by atoms with van der Waals surface area (Å²) in [6, 6.07) is 2.04. The van der Waals surface area contributed by atoms with E-state index >= 15 is 0 Å². The molecule has 0 saturated heterocycles. The molecular weight excluding hydrogens is 234 g/mol. The molecule has 0 aliphatic rings. The van der Waals surface area contributed by atoms with Gasteiger partial charge < -0.3 is 10.4 Å². The van der Waals surface area contributed by atoms with Crippen molar-refractivity contribution in [2.24, 2.45) is 5.92 Å². The first-order valence-electron chi connectivity index (χ1n) is 5.88. The number of nitrogens with zero attached hydrogens (tertiary/aromatic N) is 2. The molecule has 5 heteroatoms. The van der Waals surface area contributed by atoms with Crippen LogP contribution in [0, 0.1) is 5.92 Å². The molecule has 2 aromatic heterocycles. The van der Waals surface area contributed by atoms with Crippen molar-refractivity contribution < 1.29 is 5.11 Å². The molecule has 0 amide bonds. The van der Waals surface area contributed by atoms with Crippen LogP contribution in [0.3, 0.4) is 0 Å². The number of aromatic nitrogens is 2. The van der Waals surface area contributed by atoms with Crippen molar-refractivity contribution in [3.8, 4) is 0 Å². The quantitative estimate of drug-likeness (QED) is 0.828. The second-order valence-corrected chi connectivity index (χ2v) is 4.92. The summed E-state index contributed by atoms with van der Waals surface area (Å²) in [5.41, 5.74) is 0. The molecule has 0 aliphatic carbocycles. The van der Waals surface area contributed by atoms with Gasteiger partial charge in [0.2, 0.25) is 0 Å². The Bertz CT molecular complexity index is 471. The number of aliphatic hydroxyl groups is 1. The van der Waals surface area contributed by atoms with E-state index in [0.717, 1.165) is 35.4 Å². The zero-order valence-corrected chi connectivity index (χ0v) is 10.7. The average Bonchev–Trinajstić information content (AvgIpc) is 2.83. The van der Waals surface area contributed by atoms with Gasteiger partial charge in [-0.1, -0.05) is 13.3 Å². The van der Waals surface area contributed by atoms with Gasteiger partial charge in [0, 0.05) is 13.2 Å². The zero-order valence-electron chi connectivity index (χ0n) is 9.89. The first-order valence-corrected chi connectivity index (χ1v) is 6.76. The molecule has 2 N–H and O–H groups in total. The van der Waals surface area contributed by atoms with Crippen LogP contribution in [0.5, 0.6) is 0 Å². The molecule has 1 atom stereocenters. The topological polar surface area (TPSA) is 58.0 Å². The summed E-state index contributed by atoms with van der Waals surface area (Å²) < 4.78 is 0. The van der Waals surface area contributed by atoms with Crippen LogP contribution < -0.4 is 5.32 Å². The Balaban J connectivity index is 2.05.